The monoisotopic (exact) mass is 233 g/mol. The molecule has 2 aromatic heterocycles. The van der Waals surface area contributed by atoms with Crippen molar-refractivity contribution < 1.29 is 0 Å². The summed E-state index contributed by atoms with van der Waals surface area (Å²) in [5.74, 6) is 1.47. The molecule has 1 aliphatic rings. The van der Waals surface area contributed by atoms with Gasteiger partial charge in [0, 0.05) is 6.54 Å². The summed E-state index contributed by atoms with van der Waals surface area (Å²) in [7, 11) is 0. The predicted molar refractivity (Wildman–Crippen MR) is 64.1 cm³/mol. The van der Waals surface area contributed by atoms with Crippen molar-refractivity contribution in [3.8, 4) is 0 Å². The number of nitrogens with one attached hydrogen (secondary N) is 2. The fraction of sp³-hybridized carbons (Fsp3) is 0.545. The Morgan fingerprint density at radius 1 is 1.41 bits per heavy atom. The molecule has 1 fully saturated rings. The summed E-state index contributed by atoms with van der Waals surface area (Å²) < 4.78 is 1.27. The first-order chi connectivity index (χ1) is 8.33. The minimum Gasteiger partial charge on any atom is -0.368 e. The fourth-order valence-electron chi connectivity index (χ4n) is 2.36. The highest BCUT2D eigenvalue weighted by atomic mass is 16.2. The van der Waals surface area contributed by atoms with Gasteiger partial charge in [0.2, 0.25) is 0 Å². The van der Waals surface area contributed by atoms with Gasteiger partial charge >= 0.3 is 5.69 Å². The number of hydrogen-bond donors (Lipinski definition) is 2. The van der Waals surface area contributed by atoms with Crippen LogP contribution in [0.1, 0.15) is 25.7 Å². The maximum Gasteiger partial charge on any atom is 0.364 e. The van der Waals surface area contributed by atoms with E-state index in [1.54, 1.807) is 6.07 Å². The Morgan fingerprint density at radius 2 is 2.24 bits per heavy atom. The Morgan fingerprint density at radius 3 is 3.06 bits per heavy atom. The predicted octanol–water partition coefficient (Wildman–Crippen LogP) is 1.02. The van der Waals surface area contributed by atoms with E-state index in [1.165, 1.54) is 30.2 Å². The van der Waals surface area contributed by atoms with Gasteiger partial charge in [0.05, 0.1) is 0 Å². The smallest absolute Gasteiger partial charge is 0.364 e. The van der Waals surface area contributed by atoms with Crippen LogP contribution in [-0.2, 0) is 0 Å². The van der Waals surface area contributed by atoms with Gasteiger partial charge in [0.15, 0.2) is 5.65 Å². The highest BCUT2D eigenvalue weighted by Crippen LogP contribution is 2.24. The Kier molecular flexibility index (Phi) is 2.55. The average Bonchev–Trinajstić information content (AvgIpc) is 2.97. The summed E-state index contributed by atoms with van der Waals surface area (Å²) >= 11 is 0. The van der Waals surface area contributed by atoms with Crippen LogP contribution in [0.15, 0.2) is 16.9 Å². The van der Waals surface area contributed by atoms with Gasteiger partial charge in [-0.2, -0.15) is 9.61 Å². The lowest BCUT2D eigenvalue weighted by Crippen LogP contribution is -2.16. The van der Waals surface area contributed by atoms with Crippen molar-refractivity contribution >= 4 is 11.5 Å². The maximum atomic E-state index is 11.3. The first-order valence-electron chi connectivity index (χ1n) is 6.01. The van der Waals surface area contributed by atoms with Crippen LogP contribution in [0, 0.1) is 5.92 Å². The summed E-state index contributed by atoms with van der Waals surface area (Å²) in [4.78, 5) is 11.3. The lowest BCUT2D eigenvalue weighted by Gasteiger charge is -2.10. The second kappa shape index (κ2) is 4.20. The molecule has 0 atom stereocenters. The van der Waals surface area contributed by atoms with Crippen LogP contribution in [0.5, 0.6) is 0 Å². The molecule has 0 bridgehead atoms. The third kappa shape index (κ3) is 2.02. The van der Waals surface area contributed by atoms with Crippen molar-refractivity contribution in [1.82, 2.24) is 19.8 Å². The quantitative estimate of drug-likeness (QED) is 0.830. The Hall–Kier alpha value is -1.85. The fourth-order valence-corrected chi connectivity index (χ4v) is 2.36. The van der Waals surface area contributed by atoms with E-state index in [4.69, 9.17) is 0 Å². The molecule has 3 rings (SSSR count). The molecule has 2 aromatic rings. The zero-order valence-electron chi connectivity index (χ0n) is 9.52. The molecule has 0 aromatic carbocycles. The number of aromatic amines is 1. The highest BCUT2D eigenvalue weighted by Gasteiger charge is 2.14. The minimum absolute atomic E-state index is 0.301. The molecule has 0 aliphatic heterocycles. The van der Waals surface area contributed by atoms with Gasteiger partial charge in [-0.05, 0) is 30.9 Å². The SMILES string of the molecule is O=c1[nH]nc2ccc(NCC3CCCC3)nn12. The van der Waals surface area contributed by atoms with Crippen molar-refractivity contribution in [1.29, 1.82) is 0 Å². The molecule has 2 heterocycles. The molecule has 0 radical (unpaired) electrons. The number of fused-ring (bicyclic) bond motifs is 1. The summed E-state index contributed by atoms with van der Waals surface area (Å²) in [5.41, 5.74) is 0.242. The van der Waals surface area contributed by atoms with E-state index in [1.807, 2.05) is 6.07 Å². The first kappa shape index (κ1) is 10.3. The number of aromatic nitrogens is 4. The van der Waals surface area contributed by atoms with Crippen LogP contribution < -0.4 is 11.0 Å². The van der Waals surface area contributed by atoms with Crippen molar-refractivity contribution in [3.05, 3.63) is 22.6 Å². The van der Waals surface area contributed by atoms with Crippen molar-refractivity contribution in [2.45, 2.75) is 25.7 Å². The Balaban J connectivity index is 1.75. The molecule has 1 saturated carbocycles. The van der Waals surface area contributed by atoms with E-state index in [0.717, 1.165) is 18.3 Å². The molecule has 90 valence electrons. The molecular weight excluding hydrogens is 218 g/mol. The topological polar surface area (TPSA) is 75.1 Å². The largest absolute Gasteiger partial charge is 0.368 e. The normalized spacial score (nSPS) is 16.7. The van der Waals surface area contributed by atoms with E-state index in [-0.39, 0.29) is 5.69 Å². The molecule has 2 N–H and O–H groups in total. The average molecular weight is 233 g/mol. The standard InChI is InChI=1S/C11H15N5O/c17-11-14-13-10-6-5-9(15-16(10)11)12-7-8-3-1-2-4-8/h5-6,8H,1-4,7H2,(H,12,15)(H,14,17). The van der Waals surface area contributed by atoms with Crippen LogP contribution in [0.4, 0.5) is 5.82 Å². The second-order valence-electron chi connectivity index (χ2n) is 4.55. The maximum absolute atomic E-state index is 11.3. The minimum atomic E-state index is -0.301. The van der Waals surface area contributed by atoms with Crippen LogP contribution in [0.2, 0.25) is 0 Å². The Labute approximate surface area is 98.0 Å². The van der Waals surface area contributed by atoms with E-state index in [0.29, 0.717) is 5.65 Å². The third-order valence-electron chi connectivity index (χ3n) is 3.32. The van der Waals surface area contributed by atoms with E-state index in [9.17, 15) is 4.79 Å². The van der Waals surface area contributed by atoms with Crippen LogP contribution in [-0.4, -0.2) is 26.4 Å². The van der Waals surface area contributed by atoms with Crippen LogP contribution in [0.3, 0.4) is 0 Å². The molecule has 0 spiro atoms. The van der Waals surface area contributed by atoms with Gasteiger partial charge in [0.25, 0.3) is 0 Å². The summed E-state index contributed by atoms with van der Waals surface area (Å²) in [6.45, 7) is 0.936. The van der Waals surface area contributed by atoms with Crippen molar-refractivity contribution in [2.24, 2.45) is 5.92 Å². The van der Waals surface area contributed by atoms with E-state index >= 15 is 0 Å². The first-order valence-corrected chi connectivity index (χ1v) is 6.01. The summed E-state index contributed by atoms with van der Waals surface area (Å²) in [6.07, 6.45) is 5.25. The van der Waals surface area contributed by atoms with Gasteiger partial charge in [-0.1, -0.05) is 12.8 Å². The summed E-state index contributed by atoms with van der Waals surface area (Å²) in [5, 5.41) is 13.7. The van der Waals surface area contributed by atoms with Crippen LogP contribution in [0.25, 0.3) is 5.65 Å². The van der Waals surface area contributed by atoms with Gasteiger partial charge in [-0.25, -0.2) is 9.89 Å². The van der Waals surface area contributed by atoms with Gasteiger partial charge in [0.1, 0.15) is 5.82 Å². The molecule has 17 heavy (non-hydrogen) atoms. The lowest BCUT2D eigenvalue weighted by atomic mass is 10.1. The number of anilines is 1. The molecule has 0 saturated heterocycles. The zero-order valence-corrected chi connectivity index (χ0v) is 9.52. The molecule has 1 aliphatic carbocycles. The van der Waals surface area contributed by atoms with E-state index in [2.05, 4.69) is 20.6 Å². The lowest BCUT2D eigenvalue weighted by molar-refractivity contribution is 0.578. The highest BCUT2D eigenvalue weighted by molar-refractivity contribution is 5.42. The van der Waals surface area contributed by atoms with Gasteiger partial charge in [-0.3, -0.25) is 0 Å². The third-order valence-corrected chi connectivity index (χ3v) is 3.32. The number of rotatable bonds is 3. The van der Waals surface area contributed by atoms with E-state index < -0.39 is 0 Å². The van der Waals surface area contributed by atoms with Crippen molar-refractivity contribution in [2.75, 3.05) is 11.9 Å². The molecule has 6 nitrogen and oxygen atoms in total. The van der Waals surface area contributed by atoms with Gasteiger partial charge < -0.3 is 5.32 Å². The van der Waals surface area contributed by atoms with Crippen LogP contribution >= 0.6 is 0 Å². The molecule has 6 heteroatoms. The molecule has 0 amide bonds. The zero-order chi connectivity index (χ0) is 11.7. The second-order valence-corrected chi connectivity index (χ2v) is 4.55. The number of nitrogens with zero attached hydrogens (tertiary/aromatic N) is 3. The Bertz CT molecular complexity index is 566. The molecule has 0 unspecified atom stereocenters. The number of H-pyrrole nitrogens is 1. The van der Waals surface area contributed by atoms with Crippen molar-refractivity contribution in [3.63, 3.8) is 0 Å². The summed E-state index contributed by atoms with van der Waals surface area (Å²) in [6, 6.07) is 3.63. The number of hydrogen-bond acceptors (Lipinski definition) is 4. The van der Waals surface area contributed by atoms with Gasteiger partial charge in [-0.15, -0.1) is 5.10 Å². The molecular formula is C11H15N5O.